The van der Waals surface area contributed by atoms with Crippen LogP contribution < -0.4 is 14.9 Å². The Balaban J connectivity index is 1.82. The number of fused-ring (bicyclic) bond motifs is 1. The molecule has 3 aromatic carbocycles. The summed E-state index contributed by atoms with van der Waals surface area (Å²) in [5.41, 5.74) is 2.59. The van der Waals surface area contributed by atoms with Gasteiger partial charge in [-0.05, 0) is 71.0 Å². The highest BCUT2D eigenvalue weighted by atomic mass is 127. The van der Waals surface area contributed by atoms with E-state index in [1.807, 2.05) is 60.7 Å². The summed E-state index contributed by atoms with van der Waals surface area (Å²) < 4.78 is 22.3. The SMILES string of the molecule is CCOC(=O)C1=C(c2ccccc2)N=c2s/c(=C\c3ccc(I)cc3)c(=O)n2[C@@H]1c1ccc(F)cc1. The largest absolute Gasteiger partial charge is 0.463 e. The van der Waals surface area contributed by atoms with Crippen molar-refractivity contribution in [2.24, 2.45) is 4.99 Å². The topological polar surface area (TPSA) is 60.7 Å². The van der Waals surface area contributed by atoms with Crippen LogP contribution in [0, 0.1) is 9.39 Å². The molecule has 5 rings (SSSR count). The minimum absolute atomic E-state index is 0.164. The maximum atomic E-state index is 13.8. The van der Waals surface area contributed by atoms with Crippen LogP contribution in [0.5, 0.6) is 0 Å². The summed E-state index contributed by atoms with van der Waals surface area (Å²) in [6, 6.07) is 22.1. The number of hydrogen-bond acceptors (Lipinski definition) is 5. The number of benzene rings is 3. The van der Waals surface area contributed by atoms with Crippen LogP contribution in [0.25, 0.3) is 11.8 Å². The second-order valence-corrected chi connectivity index (χ2v) is 10.3. The van der Waals surface area contributed by atoms with Gasteiger partial charge in [0, 0.05) is 9.13 Å². The predicted octanol–water partition coefficient (Wildman–Crippen LogP) is 4.68. The molecule has 0 radical (unpaired) electrons. The van der Waals surface area contributed by atoms with Gasteiger partial charge in [0.2, 0.25) is 0 Å². The number of rotatable bonds is 5. The molecular weight excluding hydrogens is 590 g/mol. The highest BCUT2D eigenvalue weighted by Crippen LogP contribution is 2.35. The first-order chi connectivity index (χ1) is 17.5. The normalized spacial score (nSPS) is 15.4. The maximum Gasteiger partial charge on any atom is 0.338 e. The number of hydrogen-bond donors (Lipinski definition) is 0. The molecule has 8 heteroatoms. The molecular formula is C28H20FIN2O3S. The molecule has 0 unspecified atom stereocenters. The number of halogens is 2. The monoisotopic (exact) mass is 610 g/mol. The van der Waals surface area contributed by atoms with E-state index in [9.17, 15) is 14.0 Å². The van der Waals surface area contributed by atoms with Gasteiger partial charge in [-0.25, -0.2) is 14.2 Å². The second-order valence-electron chi connectivity index (χ2n) is 8.03. The summed E-state index contributed by atoms with van der Waals surface area (Å²) in [5, 5.41) is 0. The van der Waals surface area contributed by atoms with E-state index in [1.165, 1.54) is 28.0 Å². The lowest BCUT2D eigenvalue weighted by Crippen LogP contribution is -2.40. The molecule has 0 aliphatic carbocycles. The van der Waals surface area contributed by atoms with Crippen molar-refractivity contribution in [1.82, 2.24) is 4.57 Å². The predicted molar refractivity (Wildman–Crippen MR) is 147 cm³/mol. The summed E-state index contributed by atoms with van der Waals surface area (Å²) in [4.78, 5) is 32.3. The first kappa shape index (κ1) is 24.3. The Hall–Kier alpha value is -3.37. The van der Waals surface area contributed by atoms with Crippen molar-refractivity contribution in [3.8, 4) is 0 Å². The zero-order chi connectivity index (χ0) is 25.2. The molecule has 1 aliphatic heterocycles. The quantitative estimate of drug-likeness (QED) is 0.244. The zero-order valence-corrected chi connectivity index (χ0v) is 22.1. The molecule has 0 saturated carbocycles. The van der Waals surface area contributed by atoms with E-state index in [4.69, 9.17) is 9.73 Å². The molecule has 1 aromatic heterocycles. The Labute approximate surface area is 224 Å². The van der Waals surface area contributed by atoms with Gasteiger partial charge in [-0.1, -0.05) is 65.9 Å². The third kappa shape index (κ3) is 4.70. The lowest BCUT2D eigenvalue weighted by Gasteiger charge is -2.25. The van der Waals surface area contributed by atoms with Gasteiger partial charge in [-0.3, -0.25) is 9.36 Å². The molecule has 1 atom stereocenters. The van der Waals surface area contributed by atoms with E-state index in [1.54, 1.807) is 19.1 Å². The maximum absolute atomic E-state index is 13.8. The van der Waals surface area contributed by atoms with Gasteiger partial charge in [0.05, 0.1) is 28.5 Å². The summed E-state index contributed by atoms with van der Waals surface area (Å²) in [6.07, 6.45) is 1.82. The van der Waals surface area contributed by atoms with E-state index in [2.05, 4.69) is 22.6 Å². The smallest absolute Gasteiger partial charge is 0.338 e. The summed E-state index contributed by atoms with van der Waals surface area (Å²) in [6.45, 7) is 1.89. The molecule has 0 amide bonds. The number of carbonyl (C=O) groups is 1. The van der Waals surface area contributed by atoms with Gasteiger partial charge >= 0.3 is 5.97 Å². The molecule has 36 heavy (non-hydrogen) atoms. The number of nitrogens with zero attached hydrogens (tertiary/aromatic N) is 2. The Morgan fingerprint density at radius 1 is 1.08 bits per heavy atom. The Bertz CT molecular complexity index is 1640. The van der Waals surface area contributed by atoms with Gasteiger partial charge in [0.25, 0.3) is 5.56 Å². The molecule has 0 fully saturated rings. The van der Waals surface area contributed by atoms with Crippen LogP contribution in [0.15, 0.2) is 94.2 Å². The molecule has 0 N–H and O–H groups in total. The molecule has 0 spiro atoms. The average molecular weight is 610 g/mol. The van der Waals surface area contributed by atoms with Gasteiger partial charge < -0.3 is 4.74 Å². The van der Waals surface area contributed by atoms with Gasteiger partial charge in [0.15, 0.2) is 4.80 Å². The van der Waals surface area contributed by atoms with Gasteiger partial charge in [-0.2, -0.15) is 0 Å². The first-order valence-corrected chi connectivity index (χ1v) is 13.2. The fourth-order valence-electron chi connectivity index (χ4n) is 4.11. The number of aromatic nitrogens is 1. The van der Waals surface area contributed by atoms with Crippen LogP contribution in [-0.2, 0) is 9.53 Å². The molecule has 1 aliphatic rings. The second kappa shape index (κ2) is 10.3. The van der Waals surface area contributed by atoms with Crippen molar-refractivity contribution in [1.29, 1.82) is 0 Å². The zero-order valence-electron chi connectivity index (χ0n) is 19.2. The Kier molecular flexibility index (Phi) is 6.97. The third-order valence-corrected chi connectivity index (χ3v) is 7.43. The van der Waals surface area contributed by atoms with Crippen molar-refractivity contribution in [3.05, 3.63) is 130 Å². The van der Waals surface area contributed by atoms with Crippen LogP contribution in [0.3, 0.4) is 0 Å². The molecule has 180 valence electrons. The summed E-state index contributed by atoms with van der Waals surface area (Å²) in [5.74, 6) is -0.976. The van der Waals surface area contributed by atoms with E-state index in [-0.39, 0.29) is 17.7 Å². The van der Waals surface area contributed by atoms with Gasteiger partial charge in [-0.15, -0.1) is 0 Å². The molecule has 2 heterocycles. The number of ether oxygens (including phenoxy) is 1. The number of carbonyl (C=O) groups excluding carboxylic acids is 1. The number of thiazole rings is 1. The number of esters is 1. The standard InChI is InChI=1S/C28H20FIN2O3S/c1-2-35-27(34)23-24(18-6-4-3-5-7-18)31-28-32(25(23)19-10-12-20(29)13-11-19)26(33)22(36-28)16-17-8-14-21(30)15-9-17/h3-16,25H,2H2,1H3/b22-16-/t25-/m1/s1. The summed E-state index contributed by atoms with van der Waals surface area (Å²) in [7, 11) is 0. The molecule has 0 saturated heterocycles. The Morgan fingerprint density at radius 3 is 2.44 bits per heavy atom. The minimum Gasteiger partial charge on any atom is -0.463 e. The Morgan fingerprint density at radius 2 is 1.78 bits per heavy atom. The van der Waals surface area contributed by atoms with Crippen LogP contribution in [-0.4, -0.2) is 17.1 Å². The fourth-order valence-corrected chi connectivity index (χ4v) is 5.47. The average Bonchev–Trinajstić information content (AvgIpc) is 3.20. The highest BCUT2D eigenvalue weighted by molar-refractivity contribution is 14.1. The molecule has 0 bridgehead atoms. The van der Waals surface area contributed by atoms with Crippen molar-refractivity contribution >= 4 is 51.7 Å². The van der Waals surface area contributed by atoms with Crippen LogP contribution in [0.4, 0.5) is 4.39 Å². The highest BCUT2D eigenvalue weighted by Gasteiger charge is 2.35. The lowest BCUT2D eigenvalue weighted by molar-refractivity contribution is -0.138. The third-order valence-electron chi connectivity index (χ3n) is 5.73. The van der Waals surface area contributed by atoms with Crippen LogP contribution in [0.2, 0.25) is 0 Å². The lowest BCUT2D eigenvalue weighted by atomic mass is 9.93. The van der Waals surface area contributed by atoms with Crippen LogP contribution >= 0.6 is 33.9 Å². The van der Waals surface area contributed by atoms with Crippen LogP contribution in [0.1, 0.15) is 29.7 Å². The van der Waals surface area contributed by atoms with E-state index < -0.39 is 17.8 Å². The molecule has 5 nitrogen and oxygen atoms in total. The van der Waals surface area contributed by atoms with E-state index in [0.717, 1.165) is 14.7 Å². The van der Waals surface area contributed by atoms with E-state index in [0.29, 0.717) is 20.6 Å². The summed E-state index contributed by atoms with van der Waals surface area (Å²) >= 11 is 3.48. The fraction of sp³-hybridized carbons (Fsp3) is 0.107. The minimum atomic E-state index is -0.824. The van der Waals surface area contributed by atoms with E-state index >= 15 is 0 Å². The van der Waals surface area contributed by atoms with Crippen molar-refractivity contribution in [2.75, 3.05) is 6.61 Å². The van der Waals surface area contributed by atoms with Gasteiger partial charge in [0.1, 0.15) is 5.82 Å². The first-order valence-electron chi connectivity index (χ1n) is 11.3. The van der Waals surface area contributed by atoms with Crippen molar-refractivity contribution in [2.45, 2.75) is 13.0 Å². The van der Waals surface area contributed by atoms with Crippen molar-refractivity contribution in [3.63, 3.8) is 0 Å². The molecule has 4 aromatic rings. The van der Waals surface area contributed by atoms with Crippen molar-refractivity contribution < 1.29 is 13.9 Å².